The predicted octanol–water partition coefficient (Wildman–Crippen LogP) is 2.87. The second kappa shape index (κ2) is 8.31. The first-order chi connectivity index (χ1) is 10.0. The Morgan fingerprint density at radius 1 is 1.45 bits per heavy atom. The molecule has 1 fully saturated rings. The van der Waals surface area contributed by atoms with Crippen LogP contribution in [-0.2, 0) is 0 Å². The molecule has 1 atom stereocenters. The lowest BCUT2D eigenvalue weighted by Crippen LogP contribution is -2.40. The van der Waals surface area contributed by atoms with Crippen LogP contribution in [0.1, 0.15) is 29.6 Å². The van der Waals surface area contributed by atoms with Crippen LogP contribution in [0.5, 0.6) is 0 Å². The number of rotatable bonds is 4. The van der Waals surface area contributed by atoms with Gasteiger partial charge >= 0.3 is 0 Å². The fraction of sp³-hybridized carbons (Fsp3) is 0.500. The molecule has 1 aliphatic heterocycles. The number of nitrogens with two attached hydrogens (primary N) is 1. The van der Waals surface area contributed by atoms with E-state index in [9.17, 15) is 14.9 Å². The van der Waals surface area contributed by atoms with Gasteiger partial charge in [0, 0.05) is 35.8 Å². The zero-order chi connectivity index (χ0) is 15.4. The normalized spacial score (nSPS) is 17.7. The van der Waals surface area contributed by atoms with Crippen molar-refractivity contribution in [2.45, 2.75) is 19.3 Å². The lowest BCUT2D eigenvalue weighted by Gasteiger charge is -2.32. The Balaban J connectivity index is 0.00000242. The van der Waals surface area contributed by atoms with E-state index in [-0.39, 0.29) is 34.6 Å². The van der Waals surface area contributed by atoms with E-state index >= 15 is 0 Å². The van der Waals surface area contributed by atoms with Crippen molar-refractivity contribution in [3.05, 3.63) is 38.9 Å². The van der Waals surface area contributed by atoms with Crippen LogP contribution in [-0.4, -0.2) is 35.4 Å². The van der Waals surface area contributed by atoms with E-state index in [2.05, 4.69) is 0 Å². The molecule has 0 aliphatic carbocycles. The van der Waals surface area contributed by atoms with Crippen LogP contribution < -0.4 is 5.73 Å². The molecule has 2 N–H and O–H groups in total. The fourth-order valence-corrected chi connectivity index (χ4v) is 2.94. The van der Waals surface area contributed by atoms with E-state index in [1.807, 2.05) is 0 Å². The quantitative estimate of drug-likeness (QED) is 0.669. The van der Waals surface area contributed by atoms with Gasteiger partial charge in [0.25, 0.3) is 11.6 Å². The third-order valence-electron chi connectivity index (χ3n) is 3.72. The number of halogens is 2. The molecule has 1 aromatic carbocycles. The number of likely N-dealkylation sites (tertiary alicyclic amines) is 1. The Labute approximate surface area is 140 Å². The van der Waals surface area contributed by atoms with E-state index in [1.165, 1.54) is 18.2 Å². The lowest BCUT2D eigenvalue weighted by atomic mass is 9.94. The van der Waals surface area contributed by atoms with Crippen molar-refractivity contribution < 1.29 is 9.72 Å². The molecule has 1 amide bonds. The van der Waals surface area contributed by atoms with Gasteiger partial charge in [-0.1, -0.05) is 11.6 Å². The summed E-state index contributed by atoms with van der Waals surface area (Å²) < 4.78 is 0. The van der Waals surface area contributed by atoms with Crippen molar-refractivity contribution >= 4 is 35.6 Å². The smallest absolute Gasteiger partial charge is 0.271 e. The Hall–Kier alpha value is -1.37. The van der Waals surface area contributed by atoms with Crippen molar-refractivity contribution in [1.82, 2.24) is 4.90 Å². The molecule has 22 heavy (non-hydrogen) atoms. The SMILES string of the molecule is Cl.NCCC1CCCN(C(=O)c2cc(Cl)cc([N+](=O)[O-])c2)C1. The lowest BCUT2D eigenvalue weighted by molar-refractivity contribution is -0.384. The number of hydrogen-bond acceptors (Lipinski definition) is 4. The standard InChI is InChI=1S/C14H18ClN3O3.ClH/c15-12-6-11(7-13(8-12)18(20)21)14(19)17-5-1-2-10(9-17)3-4-16;/h6-8,10H,1-5,9,16H2;1H. The van der Waals surface area contributed by atoms with Crippen LogP contribution >= 0.6 is 24.0 Å². The zero-order valence-electron chi connectivity index (χ0n) is 12.0. The largest absolute Gasteiger partial charge is 0.338 e. The third-order valence-corrected chi connectivity index (χ3v) is 3.94. The van der Waals surface area contributed by atoms with Gasteiger partial charge in [0.15, 0.2) is 0 Å². The van der Waals surface area contributed by atoms with Crippen LogP contribution in [0.25, 0.3) is 0 Å². The molecule has 0 spiro atoms. The number of hydrogen-bond donors (Lipinski definition) is 1. The summed E-state index contributed by atoms with van der Waals surface area (Å²) in [6, 6.07) is 4.00. The van der Waals surface area contributed by atoms with E-state index in [0.717, 1.165) is 19.3 Å². The zero-order valence-corrected chi connectivity index (χ0v) is 13.6. The summed E-state index contributed by atoms with van der Waals surface area (Å²) in [6.45, 7) is 1.92. The number of benzene rings is 1. The average molecular weight is 348 g/mol. The van der Waals surface area contributed by atoms with Gasteiger partial charge in [-0.05, 0) is 37.8 Å². The van der Waals surface area contributed by atoms with E-state index < -0.39 is 4.92 Å². The number of piperidine rings is 1. The van der Waals surface area contributed by atoms with Crippen LogP contribution in [0.15, 0.2) is 18.2 Å². The highest BCUT2D eigenvalue weighted by Crippen LogP contribution is 2.25. The highest BCUT2D eigenvalue weighted by atomic mass is 35.5. The molecule has 0 saturated carbocycles. The molecular weight excluding hydrogens is 329 g/mol. The first-order valence-corrected chi connectivity index (χ1v) is 7.33. The number of nitro groups is 1. The first-order valence-electron chi connectivity index (χ1n) is 6.95. The van der Waals surface area contributed by atoms with Gasteiger partial charge in [0.05, 0.1) is 4.92 Å². The highest BCUT2D eigenvalue weighted by molar-refractivity contribution is 6.31. The minimum Gasteiger partial charge on any atom is -0.338 e. The molecule has 1 aromatic rings. The van der Waals surface area contributed by atoms with Crippen molar-refractivity contribution in [1.29, 1.82) is 0 Å². The predicted molar refractivity (Wildman–Crippen MR) is 87.7 cm³/mol. The number of nitrogens with zero attached hydrogens (tertiary/aromatic N) is 2. The minimum atomic E-state index is -0.546. The Bertz CT molecular complexity index is 552. The number of non-ortho nitro benzene ring substituents is 1. The second-order valence-electron chi connectivity index (χ2n) is 5.29. The van der Waals surface area contributed by atoms with Crippen LogP contribution in [0, 0.1) is 16.0 Å². The third kappa shape index (κ3) is 4.56. The molecule has 1 unspecified atom stereocenters. The Morgan fingerprint density at radius 3 is 2.82 bits per heavy atom. The molecule has 0 bridgehead atoms. The molecule has 8 heteroatoms. The molecular formula is C14H19Cl2N3O3. The maximum absolute atomic E-state index is 12.5. The summed E-state index contributed by atoms with van der Waals surface area (Å²) >= 11 is 5.86. The van der Waals surface area contributed by atoms with Gasteiger partial charge in [-0.25, -0.2) is 0 Å². The van der Waals surface area contributed by atoms with Gasteiger partial charge in [-0.3, -0.25) is 14.9 Å². The van der Waals surface area contributed by atoms with E-state index in [1.54, 1.807) is 4.90 Å². The van der Waals surface area contributed by atoms with Gasteiger partial charge in [0.1, 0.15) is 0 Å². The highest BCUT2D eigenvalue weighted by Gasteiger charge is 2.25. The van der Waals surface area contributed by atoms with Crippen LogP contribution in [0.2, 0.25) is 5.02 Å². The molecule has 1 saturated heterocycles. The monoisotopic (exact) mass is 347 g/mol. The number of carbonyl (C=O) groups excluding carboxylic acids is 1. The number of amides is 1. The van der Waals surface area contributed by atoms with Crippen LogP contribution in [0.4, 0.5) is 5.69 Å². The summed E-state index contributed by atoms with van der Waals surface area (Å²) in [7, 11) is 0. The van der Waals surface area contributed by atoms with Gasteiger partial charge in [0.2, 0.25) is 0 Å². The Kier molecular flexibility index (Phi) is 7.06. The maximum atomic E-state index is 12.5. The molecule has 0 aromatic heterocycles. The van der Waals surface area contributed by atoms with Gasteiger partial charge < -0.3 is 10.6 Å². The van der Waals surface area contributed by atoms with Gasteiger partial charge in [-0.15, -0.1) is 12.4 Å². The van der Waals surface area contributed by atoms with Crippen molar-refractivity contribution in [2.75, 3.05) is 19.6 Å². The molecule has 6 nitrogen and oxygen atoms in total. The summed E-state index contributed by atoms with van der Waals surface area (Å²) in [5.41, 5.74) is 5.67. The first kappa shape index (κ1) is 18.7. The van der Waals surface area contributed by atoms with Crippen molar-refractivity contribution in [2.24, 2.45) is 11.7 Å². The molecule has 2 rings (SSSR count). The summed E-state index contributed by atoms with van der Waals surface area (Å²) in [6.07, 6.45) is 2.88. The summed E-state index contributed by atoms with van der Waals surface area (Å²) in [5.74, 6) is 0.198. The molecule has 0 radical (unpaired) electrons. The molecule has 1 aliphatic rings. The number of carbonyl (C=O) groups is 1. The van der Waals surface area contributed by atoms with Crippen molar-refractivity contribution in [3.8, 4) is 0 Å². The maximum Gasteiger partial charge on any atom is 0.271 e. The molecule has 122 valence electrons. The average Bonchev–Trinajstić information content (AvgIpc) is 2.46. The number of nitro benzene ring substituents is 1. The fourth-order valence-electron chi connectivity index (χ4n) is 2.71. The topological polar surface area (TPSA) is 89.5 Å². The second-order valence-corrected chi connectivity index (χ2v) is 5.73. The Morgan fingerprint density at radius 2 is 2.18 bits per heavy atom. The van der Waals surface area contributed by atoms with E-state index in [0.29, 0.717) is 25.6 Å². The summed E-state index contributed by atoms with van der Waals surface area (Å²) in [4.78, 5) is 24.5. The minimum absolute atomic E-state index is 0. The van der Waals surface area contributed by atoms with Crippen molar-refractivity contribution in [3.63, 3.8) is 0 Å². The molecule has 1 heterocycles. The van der Waals surface area contributed by atoms with E-state index in [4.69, 9.17) is 17.3 Å². The van der Waals surface area contributed by atoms with Crippen LogP contribution in [0.3, 0.4) is 0 Å². The van der Waals surface area contributed by atoms with Gasteiger partial charge in [-0.2, -0.15) is 0 Å². The summed E-state index contributed by atoms with van der Waals surface area (Å²) in [5, 5.41) is 11.0.